The monoisotopic (exact) mass is 552 g/mol. The zero-order chi connectivity index (χ0) is 28.8. The van der Waals surface area contributed by atoms with Crippen molar-refractivity contribution in [2.24, 2.45) is 5.73 Å². The Balaban J connectivity index is 2.45. The van der Waals surface area contributed by atoms with Gasteiger partial charge in [0.05, 0.1) is 4.90 Å². The van der Waals surface area contributed by atoms with E-state index in [-0.39, 0.29) is 61.2 Å². The lowest BCUT2D eigenvalue weighted by molar-refractivity contribution is -0.134. The summed E-state index contributed by atoms with van der Waals surface area (Å²) < 4.78 is 30.7. The van der Waals surface area contributed by atoms with E-state index in [2.05, 4.69) is 23.9 Å². The molecule has 1 saturated heterocycles. The van der Waals surface area contributed by atoms with Crippen molar-refractivity contribution >= 4 is 28.0 Å². The van der Waals surface area contributed by atoms with Crippen LogP contribution in [-0.4, -0.2) is 80.0 Å². The molecule has 0 saturated carbocycles. The molecule has 11 nitrogen and oxygen atoms in total. The Kier molecular flexibility index (Phi) is 11.0. The van der Waals surface area contributed by atoms with E-state index in [0.29, 0.717) is 24.1 Å². The van der Waals surface area contributed by atoms with Gasteiger partial charge >= 0.3 is 6.09 Å². The molecule has 0 radical (unpaired) electrons. The van der Waals surface area contributed by atoms with Gasteiger partial charge in [0, 0.05) is 32.7 Å². The highest BCUT2D eigenvalue weighted by Gasteiger charge is 2.34. The van der Waals surface area contributed by atoms with Gasteiger partial charge in [-0.15, -0.1) is 0 Å². The molecule has 1 aliphatic heterocycles. The van der Waals surface area contributed by atoms with Crippen LogP contribution in [0.2, 0.25) is 0 Å². The molecule has 1 heterocycles. The van der Waals surface area contributed by atoms with E-state index in [9.17, 15) is 23.1 Å². The number of hydrogen-bond donors (Lipinski definition) is 5. The summed E-state index contributed by atoms with van der Waals surface area (Å²) >= 11 is 0. The van der Waals surface area contributed by atoms with Crippen LogP contribution in [0.1, 0.15) is 88.8 Å². The van der Waals surface area contributed by atoms with E-state index in [0.717, 1.165) is 5.56 Å². The number of nitrogens with one attached hydrogen (secondary N) is 3. The SMILES string of the molecule is CC(C)c1cc(C(C)C)c(S(=O)(=O)NC(CCCNC(=N)N)C(=O)N2CCN(C(=O)O)CC2)c(C(C)C)c1. The van der Waals surface area contributed by atoms with Gasteiger partial charge in [-0.3, -0.25) is 10.2 Å². The molecule has 38 heavy (non-hydrogen) atoms. The number of nitrogens with zero attached hydrogens (tertiary/aromatic N) is 2. The van der Waals surface area contributed by atoms with Gasteiger partial charge in [0.15, 0.2) is 5.96 Å². The van der Waals surface area contributed by atoms with E-state index in [1.54, 1.807) is 0 Å². The van der Waals surface area contributed by atoms with Crippen LogP contribution in [0.15, 0.2) is 17.0 Å². The van der Waals surface area contributed by atoms with Crippen LogP contribution in [-0.2, 0) is 14.8 Å². The van der Waals surface area contributed by atoms with E-state index < -0.39 is 28.1 Å². The number of rotatable bonds is 11. The molecule has 1 aliphatic rings. The highest BCUT2D eigenvalue weighted by atomic mass is 32.2. The Labute approximate surface area is 226 Å². The smallest absolute Gasteiger partial charge is 0.407 e. The van der Waals surface area contributed by atoms with Gasteiger partial charge in [0.25, 0.3) is 0 Å². The lowest BCUT2D eigenvalue weighted by atomic mass is 9.89. The number of hydrogen-bond acceptors (Lipinski definition) is 5. The minimum Gasteiger partial charge on any atom is -0.465 e. The maximum absolute atomic E-state index is 14.0. The standard InChI is InChI=1S/C26H44N6O5S/c1-16(2)19-14-20(17(3)4)23(21(15-19)18(5)6)38(36,37)30-22(8-7-9-29-25(27)28)24(33)31-10-12-32(13-11-31)26(34)35/h14-18,22,30H,7-13H2,1-6H3,(H,34,35)(H4,27,28,29). The van der Waals surface area contributed by atoms with Crippen LogP contribution in [0.4, 0.5) is 4.79 Å². The number of benzene rings is 1. The summed E-state index contributed by atoms with van der Waals surface area (Å²) in [5, 5.41) is 19.3. The summed E-state index contributed by atoms with van der Waals surface area (Å²) in [6, 6.07) is 2.86. The summed E-state index contributed by atoms with van der Waals surface area (Å²) in [5.74, 6) is -0.488. The van der Waals surface area contributed by atoms with Gasteiger partial charge in [-0.2, -0.15) is 4.72 Å². The fourth-order valence-electron chi connectivity index (χ4n) is 4.55. The third-order valence-electron chi connectivity index (χ3n) is 6.79. The second kappa shape index (κ2) is 13.3. The molecule has 214 valence electrons. The predicted octanol–water partition coefficient (Wildman–Crippen LogP) is 2.79. The molecule has 1 fully saturated rings. The summed E-state index contributed by atoms with van der Waals surface area (Å²) in [5.41, 5.74) is 7.85. The molecule has 1 unspecified atom stereocenters. The maximum Gasteiger partial charge on any atom is 0.407 e. The van der Waals surface area contributed by atoms with Crippen molar-refractivity contribution < 1.29 is 23.1 Å². The van der Waals surface area contributed by atoms with Crippen LogP contribution in [0.3, 0.4) is 0 Å². The first-order valence-corrected chi connectivity index (χ1v) is 14.7. The van der Waals surface area contributed by atoms with Crippen molar-refractivity contribution in [1.29, 1.82) is 5.41 Å². The number of carboxylic acid groups (broad SMARTS) is 1. The molecule has 12 heteroatoms. The first kappa shape index (κ1) is 31.4. The minimum absolute atomic E-state index is 0.0595. The number of amides is 2. The van der Waals surface area contributed by atoms with Crippen molar-refractivity contribution in [3.05, 3.63) is 28.8 Å². The van der Waals surface area contributed by atoms with Crippen LogP contribution in [0.5, 0.6) is 0 Å². The highest BCUT2D eigenvalue weighted by Crippen LogP contribution is 2.35. The van der Waals surface area contributed by atoms with Crippen molar-refractivity contribution in [3.63, 3.8) is 0 Å². The third kappa shape index (κ3) is 8.07. The quantitative estimate of drug-likeness (QED) is 0.160. The Morgan fingerprint density at radius 3 is 1.89 bits per heavy atom. The molecule has 1 atom stereocenters. The van der Waals surface area contributed by atoms with Crippen molar-refractivity contribution in [2.45, 2.75) is 83.1 Å². The molecule has 2 rings (SSSR count). The molecule has 2 amide bonds. The van der Waals surface area contributed by atoms with E-state index in [1.807, 2.05) is 39.8 Å². The Hall–Kier alpha value is -2.86. The number of sulfonamides is 1. The fraction of sp³-hybridized carbons (Fsp3) is 0.654. The Morgan fingerprint density at radius 1 is 0.974 bits per heavy atom. The maximum atomic E-state index is 14.0. The molecular formula is C26H44N6O5S. The predicted molar refractivity (Wildman–Crippen MR) is 148 cm³/mol. The Bertz CT molecular complexity index is 1080. The van der Waals surface area contributed by atoms with Gasteiger partial charge in [-0.25, -0.2) is 13.2 Å². The number of carbonyl (C=O) groups is 2. The molecule has 1 aromatic carbocycles. The van der Waals surface area contributed by atoms with Gasteiger partial charge in [0.2, 0.25) is 15.9 Å². The number of piperazine rings is 1. The Morgan fingerprint density at radius 2 is 1.47 bits per heavy atom. The molecule has 0 aromatic heterocycles. The van der Waals surface area contributed by atoms with Gasteiger partial charge in [-0.1, -0.05) is 53.7 Å². The fourth-order valence-corrected chi connectivity index (χ4v) is 6.47. The highest BCUT2D eigenvalue weighted by molar-refractivity contribution is 7.89. The average molecular weight is 553 g/mol. The molecule has 0 bridgehead atoms. The van der Waals surface area contributed by atoms with Crippen LogP contribution in [0, 0.1) is 5.41 Å². The second-order valence-electron chi connectivity index (χ2n) is 10.7. The van der Waals surface area contributed by atoms with E-state index in [1.165, 1.54) is 9.80 Å². The summed E-state index contributed by atoms with van der Waals surface area (Å²) in [4.78, 5) is 27.8. The van der Waals surface area contributed by atoms with Gasteiger partial charge in [0.1, 0.15) is 6.04 Å². The van der Waals surface area contributed by atoms with Crippen LogP contribution in [0.25, 0.3) is 0 Å². The first-order valence-electron chi connectivity index (χ1n) is 13.2. The number of guanidine groups is 1. The minimum atomic E-state index is -4.10. The molecular weight excluding hydrogens is 508 g/mol. The molecule has 1 aromatic rings. The van der Waals surface area contributed by atoms with E-state index >= 15 is 0 Å². The topological polar surface area (TPSA) is 169 Å². The van der Waals surface area contributed by atoms with Crippen LogP contribution >= 0.6 is 0 Å². The van der Waals surface area contributed by atoms with Crippen molar-refractivity contribution in [3.8, 4) is 0 Å². The van der Waals surface area contributed by atoms with Crippen LogP contribution < -0.4 is 15.8 Å². The zero-order valence-electron chi connectivity index (χ0n) is 23.4. The van der Waals surface area contributed by atoms with Gasteiger partial charge in [-0.05, 0) is 47.3 Å². The molecule has 0 spiro atoms. The average Bonchev–Trinajstić information content (AvgIpc) is 2.84. The van der Waals surface area contributed by atoms with Gasteiger partial charge < -0.3 is 26.0 Å². The largest absolute Gasteiger partial charge is 0.465 e. The van der Waals surface area contributed by atoms with Crippen molar-refractivity contribution in [2.75, 3.05) is 32.7 Å². The van der Waals surface area contributed by atoms with Crippen molar-refractivity contribution in [1.82, 2.24) is 19.8 Å². The zero-order valence-corrected chi connectivity index (χ0v) is 24.2. The number of carbonyl (C=O) groups excluding carboxylic acids is 1. The molecule has 6 N–H and O–H groups in total. The molecule has 0 aliphatic carbocycles. The summed E-state index contributed by atoms with van der Waals surface area (Å²) in [6.07, 6.45) is -0.458. The second-order valence-corrected chi connectivity index (χ2v) is 12.4. The van der Waals surface area contributed by atoms with E-state index in [4.69, 9.17) is 11.1 Å². The summed E-state index contributed by atoms with van der Waals surface area (Å²) in [6.45, 7) is 13.0. The lowest BCUT2D eigenvalue weighted by Crippen LogP contribution is -2.55. The normalized spacial score (nSPS) is 15.3. The third-order valence-corrected chi connectivity index (χ3v) is 8.39. The number of nitrogens with two attached hydrogens (primary N) is 1. The summed E-state index contributed by atoms with van der Waals surface area (Å²) in [7, 11) is -4.10. The lowest BCUT2D eigenvalue weighted by Gasteiger charge is -2.35. The first-order chi connectivity index (χ1) is 17.7.